The average Bonchev–Trinajstić information content (AvgIpc) is 2.01. The summed E-state index contributed by atoms with van der Waals surface area (Å²) in [5.41, 5.74) is 0. The first-order chi connectivity index (χ1) is 45.7. The van der Waals surface area contributed by atoms with Crippen LogP contribution < -0.4 is 0 Å². The molecule has 0 rings (SSSR count). The number of ether oxygens (including phenoxy) is 4. The van der Waals surface area contributed by atoms with Gasteiger partial charge in [-0.25, -0.2) is 9.13 Å². The van der Waals surface area contributed by atoms with E-state index in [0.717, 1.165) is 114 Å². The summed E-state index contributed by atoms with van der Waals surface area (Å²) in [4.78, 5) is 72.8. The van der Waals surface area contributed by atoms with Gasteiger partial charge in [0, 0.05) is 25.7 Å². The van der Waals surface area contributed by atoms with Crippen molar-refractivity contribution in [3.05, 3.63) is 0 Å². The van der Waals surface area contributed by atoms with Crippen LogP contribution in [0.5, 0.6) is 0 Å². The third kappa shape index (κ3) is 66.4. The van der Waals surface area contributed by atoms with E-state index in [1.54, 1.807) is 0 Å². The molecule has 0 amide bonds. The molecule has 0 aliphatic rings. The topological polar surface area (TPSA) is 237 Å². The first-order valence-corrected chi connectivity index (χ1v) is 42.3. The molecule has 0 heterocycles. The predicted molar refractivity (Wildman–Crippen MR) is 386 cm³/mol. The summed E-state index contributed by atoms with van der Waals surface area (Å²) in [5.74, 6) is 1.03. The molecule has 0 aliphatic carbocycles. The molecule has 0 radical (unpaired) electrons. The normalized spacial score (nSPS) is 15.0. The zero-order valence-electron chi connectivity index (χ0n) is 62.3. The third-order valence-electron chi connectivity index (χ3n) is 18.7. The van der Waals surface area contributed by atoms with Crippen molar-refractivity contribution in [2.45, 2.75) is 401 Å². The summed E-state index contributed by atoms with van der Waals surface area (Å²) in [7, 11) is -9.91. The largest absolute Gasteiger partial charge is 0.472 e. The van der Waals surface area contributed by atoms with Gasteiger partial charge in [-0.2, -0.15) is 0 Å². The van der Waals surface area contributed by atoms with Crippen molar-refractivity contribution in [2.24, 2.45) is 23.7 Å². The molecule has 19 heteroatoms. The number of carbonyl (C=O) groups is 4. The van der Waals surface area contributed by atoms with Crippen molar-refractivity contribution >= 4 is 39.5 Å². The molecule has 0 saturated heterocycles. The maximum atomic E-state index is 13.1. The van der Waals surface area contributed by atoms with Gasteiger partial charge >= 0.3 is 39.5 Å². The van der Waals surface area contributed by atoms with Crippen molar-refractivity contribution in [3.8, 4) is 0 Å². The molecule has 0 fully saturated rings. The van der Waals surface area contributed by atoms with Gasteiger partial charge in [0.25, 0.3) is 0 Å². The van der Waals surface area contributed by atoms with Gasteiger partial charge in [-0.3, -0.25) is 37.3 Å². The highest BCUT2D eigenvalue weighted by atomic mass is 31.2. The molecule has 0 aromatic heterocycles. The van der Waals surface area contributed by atoms with Crippen LogP contribution in [0.25, 0.3) is 0 Å². The highest BCUT2D eigenvalue weighted by Gasteiger charge is 2.30. The zero-order chi connectivity index (χ0) is 70.3. The van der Waals surface area contributed by atoms with E-state index in [2.05, 4.69) is 55.4 Å². The molecule has 0 aromatic rings. The standard InChI is InChI=1S/C76H148O17P2/c1-9-67(6)53-45-37-29-20-16-14-12-13-15-17-22-34-42-50-58-75(80)92-72(63-87-74(79)57-49-41-33-27-25-31-39-47-55-69(8)11-3)65-91-95(84,85)89-61-70(77)60-88-94(82,83)90-64-71(62-86-73(78)56-48-40-32-26-24-28-36-44-52-66(4)5)93-76(81)59-51-43-35-23-19-18-21-30-38-46-54-68(7)10-2/h66-72,77H,9-65H2,1-8H3,(H,82,83)(H,84,85)/t67?,68?,69?,70?,71-,72-/m1/s1. The Bertz CT molecular complexity index is 1870. The first kappa shape index (κ1) is 93.1. The van der Waals surface area contributed by atoms with Crippen LogP contribution in [0.3, 0.4) is 0 Å². The fourth-order valence-corrected chi connectivity index (χ4v) is 13.0. The number of phosphoric ester groups is 2. The smallest absolute Gasteiger partial charge is 0.462 e. The Morgan fingerprint density at radius 3 is 0.747 bits per heavy atom. The van der Waals surface area contributed by atoms with Crippen LogP contribution in [-0.4, -0.2) is 96.7 Å². The summed E-state index contributed by atoms with van der Waals surface area (Å²) in [5, 5.41) is 10.6. The number of hydrogen-bond acceptors (Lipinski definition) is 15. The number of esters is 4. The number of aliphatic hydroxyl groups excluding tert-OH is 1. The van der Waals surface area contributed by atoms with Crippen molar-refractivity contribution in [1.82, 2.24) is 0 Å². The average molecular weight is 1400 g/mol. The molecule has 3 N–H and O–H groups in total. The highest BCUT2D eigenvalue weighted by molar-refractivity contribution is 7.47. The van der Waals surface area contributed by atoms with Gasteiger partial charge in [-0.15, -0.1) is 0 Å². The fraction of sp³-hybridized carbons (Fsp3) is 0.947. The number of unbranched alkanes of at least 4 members (excludes halogenated alkanes) is 36. The molecule has 0 aromatic carbocycles. The van der Waals surface area contributed by atoms with Gasteiger partial charge < -0.3 is 33.8 Å². The Morgan fingerprint density at radius 1 is 0.295 bits per heavy atom. The minimum atomic E-state index is -4.96. The van der Waals surface area contributed by atoms with Crippen LogP contribution >= 0.6 is 15.6 Å². The Balaban J connectivity index is 5.26. The van der Waals surface area contributed by atoms with Gasteiger partial charge in [0.05, 0.1) is 26.4 Å². The van der Waals surface area contributed by atoms with Crippen molar-refractivity contribution in [3.63, 3.8) is 0 Å². The molecule has 0 saturated carbocycles. The molecule has 564 valence electrons. The number of hydrogen-bond donors (Lipinski definition) is 3. The lowest BCUT2D eigenvalue weighted by molar-refractivity contribution is -0.161. The van der Waals surface area contributed by atoms with Crippen LogP contribution in [0.15, 0.2) is 0 Å². The van der Waals surface area contributed by atoms with Gasteiger partial charge in [0.1, 0.15) is 19.3 Å². The van der Waals surface area contributed by atoms with E-state index in [9.17, 15) is 43.2 Å². The molecule has 17 nitrogen and oxygen atoms in total. The monoisotopic (exact) mass is 1400 g/mol. The summed E-state index contributed by atoms with van der Waals surface area (Å²) >= 11 is 0. The number of phosphoric acid groups is 2. The van der Waals surface area contributed by atoms with Crippen LogP contribution in [0.4, 0.5) is 0 Å². The Hall–Kier alpha value is -1.94. The van der Waals surface area contributed by atoms with Gasteiger partial charge in [-0.05, 0) is 49.4 Å². The van der Waals surface area contributed by atoms with Gasteiger partial charge in [0.15, 0.2) is 12.2 Å². The number of aliphatic hydroxyl groups is 1. The molecule has 8 atom stereocenters. The maximum absolute atomic E-state index is 13.1. The second-order valence-corrected chi connectivity index (χ2v) is 31.5. The molecule has 6 unspecified atom stereocenters. The van der Waals surface area contributed by atoms with Crippen molar-refractivity contribution in [1.29, 1.82) is 0 Å². The summed E-state index contributed by atoms with van der Waals surface area (Å²) in [6.07, 6.45) is 49.8. The van der Waals surface area contributed by atoms with E-state index in [1.807, 2.05) is 0 Å². The van der Waals surface area contributed by atoms with E-state index in [-0.39, 0.29) is 25.7 Å². The minimum absolute atomic E-state index is 0.105. The van der Waals surface area contributed by atoms with E-state index < -0.39 is 97.5 Å². The van der Waals surface area contributed by atoms with E-state index in [0.29, 0.717) is 25.7 Å². The predicted octanol–water partition coefficient (Wildman–Crippen LogP) is 22.0. The molecule has 95 heavy (non-hydrogen) atoms. The van der Waals surface area contributed by atoms with E-state index in [1.165, 1.54) is 186 Å². The summed E-state index contributed by atoms with van der Waals surface area (Å²) < 4.78 is 68.5. The third-order valence-corrected chi connectivity index (χ3v) is 20.6. The van der Waals surface area contributed by atoms with E-state index >= 15 is 0 Å². The molecule has 0 spiro atoms. The number of carbonyl (C=O) groups excluding carboxylic acids is 4. The Morgan fingerprint density at radius 2 is 0.505 bits per heavy atom. The lowest BCUT2D eigenvalue weighted by atomic mass is 9.99. The van der Waals surface area contributed by atoms with Crippen LogP contribution in [0.1, 0.15) is 383 Å². The molecular formula is C76H148O17P2. The first-order valence-electron chi connectivity index (χ1n) is 39.3. The minimum Gasteiger partial charge on any atom is -0.462 e. The summed E-state index contributed by atoms with van der Waals surface area (Å²) in [6, 6.07) is 0. The van der Waals surface area contributed by atoms with E-state index in [4.69, 9.17) is 37.0 Å². The van der Waals surface area contributed by atoms with Crippen molar-refractivity contribution in [2.75, 3.05) is 39.6 Å². The zero-order valence-corrected chi connectivity index (χ0v) is 64.1. The Kier molecular flexibility index (Phi) is 64.0. The summed E-state index contributed by atoms with van der Waals surface area (Å²) in [6.45, 7) is 14.2. The Labute approximate surface area is 581 Å². The second-order valence-electron chi connectivity index (χ2n) is 28.6. The SMILES string of the molecule is CCC(C)CCCCCCCCCCCCCCCCC(=O)O[C@H](COC(=O)CCCCCCCCCCC(C)CC)COP(=O)(O)OCC(O)COP(=O)(O)OC[C@@H](COC(=O)CCCCCCCCCCC(C)C)OC(=O)CCCCCCCCCCCCC(C)CC. The number of rotatable bonds is 73. The molecular weight excluding hydrogens is 1250 g/mol. The molecule has 0 bridgehead atoms. The highest BCUT2D eigenvalue weighted by Crippen LogP contribution is 2.45. The van der Waals surface area contributed by atoms with Crippen LogP contribution in [-0.2, 0) is 65.4 Å². The lowest BCUT2D eigenvalue weighted by Crippen LogP contribution is -2.30. The van der Waals surface area contributed by atoms with Crippen LogP contribution in [0.2, 0.25) is 0 Å². The van der Waals surface area contributed by atoms with Crippen molar-refractivity contribution < 1.29 is 80.2 Å². The fourth-order valence-electron chi connectivity index (χ4n) is 11.5. The van der Waals surface area contributed by atoms with Gasteiger partial charge in [0.2, 0.25) is 0 Å². The quantitative estimate of drug-likeness (QED) is 0.0222. The van der Waals surface area contributed by atoms with Gasteiger partial charge in [-0.1, -0.05) is 331 Å². The lowest BCUT2D eigenvalue weighted by Gasteiger charge is -2.21. The molecule has 0 aliphatic heterocycles. The maximum Gasteiger partial charge on any atom is 0.472 e. The van der Waals surface area contributed by atoms with Crippen LogP contribution in [0, 0.1) is 23.7 Å². The second kappa shape index (κ2) is 65.4.